The molecule has 10 radical (unpaired) electrons. The van der Waals surface area contributed by atoms with Gasteiger partial charge in [-0.05, 0) is 76.3 Å². The van der Waals surface area contributed by atoms with Crippen LogP contribution in [0.5, 0.6) is 0 Å². The summed E-state index contributed by atoms with van der Waals surface area (Å²) in [5, 5.41) is 0. The van der Waals surface area contributed by atoms with Crippen LogP contribution in [-0.2, 0) is 26.2 Å². The SMILES string of the molecule is C[Si](C)(C)C#C[Si](C)(C)C.[CH]1[CH][CH][CH][CH]1.[CH]1[CH][CH][CH][CH]1.[Zr+2].c1ccncc1. The average molecular weight is 471 g/mol. The number of hydrogen-bond donors (Lipinski definition) is 0. The van der Waals surface area contributed by atoms with Gasteiger partial charge < -0.3 is 0 Å². The Balaban J connectivity index is 0. The molecule has 0 aromatic carbocycles. The minimum absolute atomic E-state index is 0. The van der Waals surface area contributed by atoms with Crippen LogP contribution in [0.15, 0.2) is 30.6 Å². The second kappa shape index (κ2) is 18.1. The summed E-state index contributed by atoms with van der Waals surface area (Å²) in [4.78, 5) is 3.78. The Bertz CT molecular complexity index is 403. The smallest absolute Gasteiger partial charge is 0.265 e. The van der Waals surface area contributed by atoms with E-state index in [1.165, 1.54) is 0 Å². The molecule has 0 spiro atoms. The van der Waals surface area contributed by atoms with Crippen molar-refractivity contribution >= 4 is 16.1 Å². The van der Waals surface area contributed by atoms with E-state index in [2.05, 4.69) is 55.4 Å². The second-order valence-electron chi connectivity index (χ2n) is 7.70. The van der Waals surface area contributed by atoms with Crippen LogP contribution in [0, 0.1) is 75.3 Å². The quantitative estimate of drug-likeness (QED) is 0.341. The number of hydrogen-bond acceptors (Lipinski definition) is 1. The van der Waals surface area contributed by atoms with Gasteiger partial charge >= 0.3 is 26.2 Å². The zero-order valence-corrected chi connectivity index (χ0v) is 22.1. The first-order chi connectivity index (χ1) is 12.2. The fourth-order valence-corrected chi connectivity index (χ4v) is 4.33. The first kappa shape index (κ1) is 29.2. The van der Waals surface area contributed by atoms with Crippen molar-refractivity contribution < 1.29 is 26.2 Å². The summed E-state index contributed by atoms with van der Waals surface area (Å²) in [6.45, 7) is 13.8. The first-order valence-electron chi connectivity index (χ1n) is 8.93. The number of pyridine rings is 1. The van der Waals surface area contributed by atoms with E-state index in [4.69, 9.17) is 0 Å². The summed E-state index contributed by atoms with van der Waals surface area (Å²) in [5.41, 5.74) is 6.82. The Morgan fingerprint density at radius 3 is 0.852 bits per heavy atom. The zero-order chi connectivity index (χ0) is 19.7. The van der Waals surface area contributed by atoms with E-state index in [9.17, 15) is 0 Å². The molecule has 1 aromatic rings. The van der Waals surface area contributed by atoms with E-state index in [1.807, 2.05) is 82.4 Å². The molecule has 0 atom stereocenters. The molecule has 2 aliphatic rings. The Hall–Kier alpha value is 0.0269. The molecule has 0 aliphatic heterocycles. The normalized spacial score (nSPS) is 15.2. The molecular formula is C23H33NSi2Zr+2. The van der Waals surface area contributed by atoms with E-state index >= 15 is 0 Å². The second-order valence-corrected chi connectivity index (χ2v) is 17.2. The van der Waals surface area contributed by atoms with Gasteiger partial charge in [0.2, 0.25) is 0 Å². The van der Waals surface area contributed by atoms with Crippen LogP contribution in [0.1, 0.15) is 0 Å². The molecule has 1 heterocycles. The van der Waals surface area contributed by atoms with Crippen LogP contribution < -0.4 is 0 Å². The topological polar surface area (TPSA) is 12.9 Å². The Morgan fingerprint density at radius 1 is 0.481 bits per heavy atom. The molecule has 0 amide bonds. The Morgan fingerprint density at radius 2 is 0.741 bits per heavy atom. The van der Waals surface area contributed by atoms with E-state index in [1.54, 1.807) is 12.4 Å². The summed E-state index contributed by atoms with van der Waals surface area (Å²) in [5.74, 6) is 0. The van der Waals surface area contributed by atoms with Crippen molar-refractivity contribution in [1.29, 1.82) is 0 Å². The molecule has 0 bridgehead atoms. The third kappa shape index (κ3) is 28.3. The molecule has 2 saturated carbocycles. The van der Waals surface area contributed by atoms with Crippen LogP contribution in [-0.4, -0.2) is 21.1 Å². The molecule has 2 fully saturated rings. The van der Waals surface area contributed by atoms with Gasteiger partial charge in [-0.1, -0.05) is 45.3 Å². The first-order valence-corrected chi connectivity index (χ1v) is 15.9. The van der Waals surface area contributed by atoms with Gasteiger partial charge in [0, 0.05) is 12.4 Å². The van der Waals surface area contributed by atoms with Crippen molar-refractivity contribution in [3.8, 4) is 11.1 Å². The van der Waals surface area contributed by atoms with Gasteiger partial charge in [-0.2, -0.15) is 0 Å². The van der Waals surface area contributed by atoms with Gasteiger partial charge in [0.05, 0.1) is 0 Å². The molecule has 0 unspecified atom stereocenters. The standard InChI is InChI=1S/C8H18Si2.C5H5N.2C5H5.Zr/c1-9(2,3)7-8-10(4,5)6;1-2-4-6-5-3-1;2*1-2-4-5-3-1;/h1-6H3;1-5H;2*1-5H;/q;;;;+2. The largest absolute Gasteiger partial charge is 2.00 e. The van der Waals surface area contributed by atoms with Crippen molar-refractivity contribution in [2.45, 2.75) is 39.3 Å². The van der Waals surface area contributed by atoms with Crippen LogP contribution in [0.3, 0.4) is 0 Å². The van der Waals surface area contributed by atoms with Crippen molar-refractivity contribution in [2.75, 3.05) is 0 Å². The molecule has 3 rings (SSSR count). The van der Waals surface area contributed by atoms with Gasteiger partial charge in [-0.15, -0.1) is 11.1 Å². The Labute approximate surface area is 191 Å². The predicted octanol–water partition coefficient (Wildman–Crippen LogP) is 5.87. The van der Waals surface area contributed by atoms with Crippen molar-refractivity contribution in [3.05, 3.63) is 94.8 Å². The predicted molar refractivity (Wildman–Crippen MR) is 122 cm³/mol. The molecule has 27 heavy (non-hydrogen) atoms. The van der Waals surface area contributed by atoms with Crippen molar-refractivity contribution in [1.82, 2.24) is 4.98 Å². The van der Waals surface area contributed by atoms with Gasteiger partial charge in [0.25, 0.3) is 0 Å². The molecular weight excluding hydrogens is 438 g/mol. The van der Waals surface area contributed by atoms with Crippen molar-refractivity contribution in [2.24, 2.45) is 0 Å². The van der Waals surface area contributed by atoms with E-state index in [0.717, 1.165) is 0 Å². The minimum Gasteiger partial charge on any atom is -0.265 e. The summed E-state index contributed by atoms with van der Waals surface area (Å²) < 4.78 is 0. The number of aromatic nitrogens is 1. The monoisotopic (exact) mass is 469 g/mol. The maximum absolute atomic E-state index is 3.78. The summed E-state index contributed by atoms with van der Waals surface area (Å²) in [6.07, 6.45) is 23.5. The van der Waals surface area contributed by atoms with E-state index in [-0.39, 0.29) is 26.2 Å². The number of nitrogens with zero attached hydrogens (tertiary/aromatic N) is 1. The van der Waals surface area contributed by atoms with E-state index in [0.29, 0.717) is 0 Å². The van der Waals surface area contributed by atoms with Gasteiger partial charge in [0.1, 0.15) is 16.1 Å². The zero-order valence-electron chi connectivity index (χ0n) is 17.6. The summed E-state index contributed by atoms with van der Waals surface area (Å²) >= 11 is 0. The third-order valence-electron chi connectivity index (χ3n) is 2.49. The fraction of sp³-hybridized carbons (Fsp3) is 0.261. The molecule has 0 saturated heterocycles. The van der Waals surface area contributed by atoms with Crippen LogP contribution in [0.2, 0.25) is 39.3 Å². The molecule has 0 N–H and O–H groups in total. The van der Waals surface area contributed by atoms with Crippen LogP contribution in [0.25, 0.3) is 0 Å². The summed E-state index contributed by atoms with van der Waals surface area (Å²) in [6, 6.07) is 5.72. The average Bonchev–Trinajstić information content (AvgIpc) is 3.32. The maximum atomic E-state index is 3.78. The molecule has 1 nitrogen and oxygen atoms in total. The third-order valence-corrected chi connectivity index (χ3v) is 4.49. The van der Waals surface area contributed by atoms with Gasteiger partial charge in [-0.3, -0.25) is 4.98 Å². The van der Waals surface area contributed by atoms with Crippen LogP contribution in [0.4, 0.5) is 0 Å². The van der Waals surface area contributed by atoms with Gasteiger partial charge in [-0.25, -0.2) is 0 Å². The maximum Gasteiger partial charge on any atom is 2.00 e. The molecule has 2 aliphatic carbocycles. The number of rotatable bonds is 0. The molecule has 4 heteroatoms. The van der Waals surface area contributed by atoms with E-state index < -0.39 is 16.1 Å². The van der Waals surface area contributed by atoms with Gasteiger partial charge in [0.15, 0.2) is 0 Å². The Kier molecular flexibility index (Phi) is 19.6. The van der Waals surface area contributed by atoms with Crippen molar-refractivity contribution in [3.63, 3.8) is 0 Å². The fourth-order valence-electron chi connectivity index (χ4n) is 1.33. The minimum atomic E-state index is -1.09. The molecule has 1 aromatic heterocycles. The summed E-state index contributed by atoms with van der Waals surface area (Å²) in [7, 11) is -2.19. The molecule has 140 valence electrons. The van der Waals surface area contributed by atoms with Crippen LogP contribution >= 0.6 is 0 Å².